The van der Waals surface area contributed by atoms with Crippen LogP contribution in [0.25, 0.3) is 0 Å². The summed E-state index contributed by atoms with van der Waals surface area (Å²) in [6.07, 6.45) is -4.56. The van der Waals surface area contributed by atoms with E-state index < -0.39 is 11.8 Å². The topological polar surface area (TPSA) is 21.6 Å². The maximum absolute atomic E-state index is 13.4. The normalized spacial score (nSPS) is 23.2. The van der Waals surface area contributed by atoms with E-state index in [1.807, 2.05) is 0 Å². The van der Waals surface area contributed by atoms with Crippen molar-refractivity contribution in [1.82, 2.24) is 0 Å². The summed E-state index contributed by atoms with van der Waals surface area (Å²) in [5.41, 5.74) is -2.27. The predicted octanol–water partition coefficient (Wildman–Crippen LogP) is 4.94. The molecule has 1 aromatic carbocycles. The molecule has 1 aromatic rings. The van der Waals surface area contributed by atoms with E-state index in [0.717, 1.165) is 0 Å². The molecular weight excluding hydrogens is 302 g/mol. The zero-order valence-corrected chi connectivity index (χ0v) is 11.4. The molecule has 0 saturated carbocycles. The number of hydrogen-bond acceptors (Lipinski definition) is 2. The Hall–Kier alpha value is -0.940. The number of rotatable bonds is 2. The Bertz CT molecular complexity index is 510. The van der Waals surface area contributed by atoms with Crippen molar-refractivity contribution >= 4 is 28.9 Å². The molecule has 0 amide bonds. The van der Waals surface area contributed by atoms with Gasteiger partial charge in [0, 0.05) is 22.0 Å². The zero-order valence-electron chi connectivity index (χ0n) is 9.89. The van der Waals surface area contributed by atoms with Crippen LogP contribution in [0, 0.1) is 0 Å². The van der Waals surface area contributed by atoms with Crippen LogP contribution in [0.5, 0.6) is 0 Å². The molecule has 19 heavy (non-hydrogen) atoms. The second-order valence-electron chi connectivity index (χ2n) is 4.26. The Morgan fingerprint density at radius 3 is 2.26 bits per heavy atom. The van der Waals surface area contributed by atoms with Crippen molar-refractivity contribution in [2.24, 2.45) is 5.16 Å². The Morgan fingerprint density at radius 1 is 1.26 bits per heavy atom. The summed E-state index contributed by atoms with van der Waals surface area (Å²) in [6.45, 7) is 1.72. The highest BCUT2D eigenvalue weighted by molar-refractivity contribution is 6.34. The molecular formula is C12H10Cl2F3NO. The van der Waals surface area contributed by atoms with Gasteiger partial charge in [0.1, 0.15) is 0 Å². The fourth-order valence-corrected chi connectivity index (χ4v) is 2.47. The molecule has 104 valence electrons. The highest BCUT2D eigenvalue weighted by Gasteiger charge is 2.62. The van der Waals surface area contributed by atoms with Gasteiger partial charge < -0.3 is 4.84 Å². The third kappa shape index (κ3) is 2.54. The first-order valence-corrected chi connectivity index (χ1v) is 6.31. The first-order valence-electron chi connectivity index (χ1n) is 5.56. The minimum absolute atomic E-state index is 0.125. The molecule has 1 atom stereocenters. The van der Waals surface area contributed by atoms with Crippen molar-refractivity contribution in [1.29, 1.82) is 0 Å². The molecule has 0 fully saturated rings. The molecule has 0 bridgehead atoms. The number of nitrogens with zero attached hydrogens (tertiary/aromatic N) is 1. The molecule has 0 radical (unpaired) electrons. The molecule has 1 unspecified atom stereocenters. The molecule has 1 heterocycles. The summed E-state index contributed by atoms with van der Waals surface area (Å²) < 4.78 is 40.2. The van der Waals surface area contributed by atoms with Crippen LogP contribution in [-0.4, -0.2) is 11.9 Å². The fourth-order valence-electron chi connectivity index (χ4n) is 1.94. The fraction of sp³-hybridized carbons (Fsp3) is 0.417. The predicted molar refractivity (Wildman–Crippen MR) is 67.6 cm³/mol. The Labute approximate surface area is 118 Å². The summed E-state index contributed by atoms with van der Waals surface area (Å²) in [5, 5.41) is 3.77. The summed E-state index contributed by atoms with van der Waals surface area (Å²) in [7, 11) is 0. The van der Waals surface area contributed by atoms with Crippen LogP contribution >= 0.6 is 23.2 Å². The standard InChI is InChI=1S/C12H10Cl2F3NO/c1-2-10-6-11(19-18-10,12(15,16)17)7-3-8(13)5-9(14)4-7/h3-5H,2,6H2,1H3. The van der Waals surface area contributed by atoms with Gasteiger partial charge in [-0.25, -0.2) is 0 Å². The number of halogens is 5. The summed E-state index contributed by atoms with van der Waals surface area (Å²) in [4.78, 5) is 4.75. The van der Waals surface area contributed by atoms with Crippen molar-refractivity contribution in [3.8, 4) is 0 Å². The summed E-state index contributed by atoms with van der Waals surface area (Å²) >= 11 is 11.5. The van der Waals surface area contributed by atoms with Gasteiger partial charge in [-0.3, -0.25) is 0 Å². The smallest absolute Gasteiger partial charge is 0.374 e. The van der Waals surface area contributed by atoms with E-state index in [4.69, 9.17) is 28.0 Å². The van der Waals surface area contributed by atoms with E-state index in [-0.39, 0.29) is 22.0 Å². The second kappa shape index (κ2) is 4.87. The van der Waals surface area contributed by atoms with Crippen LogP contribution in [-0.2, 0) is 10.4 Å². The van der Waals surface area contributed by atoms with Gasteiger partial charge in [-0.05, 0) is 24.6 Å². The van der Waals surface area contributed by atoms with Crippen molar-refractivity contribution < 1.29 is 18.0 Å². The minimum atomic E-state index is -4.61. The van der Waals surface area contributed by atoms with Gasteiger partial charge in [0.05, 0.1) is 5.71 Å². The van der Waals surface area contributed by atoms with Crippen molar-refractivity contribution in [3.05, 3.63) is 33.8 Å². The average Bonchev–Trinajstić information content (AvgIpc) is 2.72. The molecule has 0 spiro atoms. The quantitative estimate of drug-likeness (QED) is 0.758. The van der Waals surface area contributed by atoms with E-state index in [1.165, 1.54) is 18.2 Å². The van der Waals surface area contributed by atoms with E-state index in [1.54, 1.807) is 6.92 Å². The largest absolute Gasteiger partial charge is 0.435 e. The molecule has 0 N–H and O–H groups in total. The molecule has 0 aromatic heterocycles. The molecule has 1 aliphatic rings. The summed E-state index contributed by atoms with van der Waals surface area (Å²) in [5.74, 6) is 0. The maximum atomic E-state index is 13.4. The second-order valence-corrected chi connectivity index (χ2v) is 5.13. The van der Waals surface area contributed by atoms with Crippen molar-refractivity contribution in [2.75, 3.05) is 0 Å². The molecule has 0 saturated heterocycles. The zero-order chi connectivity index (χ0) is 14.3. The first-order chi connectivity index (χ1) is 8.78. The molecule has 1 aliphatic heterocycles. The van der Waals surface area contributed by atoms with E-state index >= 15 is 0 Å². The lowest BCUT2D eigenvalue weighted by Crippen LogP contribution is -2.42. The van der Waals surface area contributed by atoms with Crippen LogP contribution in [0.3, 0.4) is 0 Å². The average molecular weight is 312 g/mol. The van der Waals surface area contributed by atoms with Gasteiger partial charge in [-0.15, -0.1) is 0 Å². The molecule has 0 aliphatic carbocycles. The highest BCUT2D eigenvalue weighted by atomic mass is 35.5. The van der Waals surface area contributed by atoms with Crippen LogP contribution < -0.4 is 0 Å². The first kappa shape index (κ1) is 14.5. The Balaban J connectivity index is 2.52. The van der Waals surface area contributed by atoms with Gasteiger partial charge in [-0.2, -0.15) is 13.2 Å². The van der Waals surface area contributed by atoms with Crippen LogP contribution in [0.1, 0.15) is 25.3 Å². The van der Waals surface area contributed by atoms with Gasteiger partial charge >= 0.3 is 6.18 Å². The van der Waals surface area contributed by atoms with Crippen molar-refractivity contribution in [2.45, 2.75) is 31.5 Å². The summed E-state index contributed by atoms with van der Waals surface area (Å²) in [6, 6.07) is 3.78. The van der Waals surface area contributed by atoms with Gasteiger partial charge in [0.2, 0.25) is 0 Å². The lowest BCUT2D eigenvalue weighted by Gasteiger charge is -2.29. The monoisotopic (exact) mass is 311 g/mol. The third-order valence-corrected chi connectivity index (χ3v) is 3.41. The van der Waals surface area contributed by atoms with E-state index in [2.05, 4.69) is 5.16 Å². The van der Waals surface area contributed by atoms with E-state index in [0.29, 0.717) is 12.1 Å². The molecule has 7 heteroatoms. The highest BCUT2D eigenvalue weighted by Crippen LogP contribution is 2.49. The third-order valence-electron chi connectivity index (χ3n) is 2.98. The van der Waals surface area contributed by atoms with Crippen molar-refractivity contribution in [3.63, 3.8) is 0 Å². The van der Waals surface area contributed by atoms with E-state index in [9.17, 15) is 13.2 Å². The Kier molecular flexibility index (Phi) is 3.71. The maximum Gasteiger partial charge on any atom is 0.435 e. The Morgan fingerprint density at radius 2 is 1.84 bits per heavy atom. The lowest BCUT2D eigenvalue weighted by molar-refractivity contribution is -0.275. The number of alkyl halides is 3. The van der Waals surface area contributed by atoms with Gasteiger partial charge in [0.25, 0.3) is 5.60 Å². The lowest BCUT2D eigenvalue weighted by atomic mass is 9.87. The number of oxime groups is 1. The SMILES string of the molecule is CCC1=NOC(c2cc(Cl)cc(Cl)c2)(C(F)(F)F)C1. The van der Waals surface area contributed by atoms with Crippen LogP contribution in [0.4, 0.5) is 13.2 Å². The number of benzene rings is 1. The molecule has 2 rings (SSSR count). The van der Waals surface area contributed by atoms with Gasteiger partial charge in [-0.1, -0.05) is 35.3 Å². The van der Waals surface area contributed by atoms with Crippen LogP contribution in [0.15, 0.2) is 23.4 Å². The molecule has 2 nitrogen and oxygen atoms in total. The minimum Gasteiger partial charge on any atom is -0.374 e. The number of hydrogen-bond donors (Lipinski definition) is 0. The van der Waals surface area contributed by atoms with Gasteiger partial charge in [0.15, 0.2) is 0 Å². The van der Waals surface area contributed by atoms with Crippen LogP contribution in [0.2, 0.25) is 10.0 Å².